The molecular weight excluding hydrogens is 564 g/mol. The molecule has 3 N–H and O–H groups in total. The smallest absolute Gasteiger partial charge is 0.261 e. The van der Waals surface area contributed by atoms with E-state index >= 15 is 0 Å². The standard InChI is InChI=1S/C28H37ClN8O3S/c1-34-14-16-37(17-15-34)20-10-12-36(13-11-20)21-8-9-24(26(18-21)40-3)32-28-30-19-22(29)27(33-28)31-23-6-4-5-7-25(23)35(2)41(38)39/h4-9,18-20H,10-17H2,1-3H3,(H,38,39)(H2,30,31,32,33). The molecule has 3 aromatic rings. The quantitative estimate of drug-likeness (QED) is 0.305. The average Bonchev–Trinajstić information content (AvgIpc) is 2.99. The van der Waals surface area contributed by atoms with Crippen LogP contribution in [0.2, 0.25) is 5.02 Å². The van der Waals surface area contributed by atoms with Gasteiger partial charge in [0.1, 0.15) is 10.8 Å². The number of benzene rings is 2. The summed E-state index contributed by atoms with van der Waals surface area (Å²) in [6.07, 6.45) is 3.82. The number of piperidine rings is 1. The molecule has 0 radical (unpaired) electrons. The van der Waals surface area contributed by atoms with Gasteiger partial charge >= 0.3 is 0 Å². The second kappa shape index (κ2) is 13.2. The second-order valence-corrected chi connectivity index (χ2v) is 11.7. The summed E-state index contributed by atoms with van der Waals surface area (Å²) in [4.78, 5) is 16.4. The van der Waals surface area contributed by atoms with Crippen LogP contribution in [0.25, 0.3) is 0 Å². The van der Waals surface area contributed by atoms with Crippen LogP contribution >= 0.6 is 11.6 Å². The van der Waals surface area contributed by atoms with E-state index in [1.54, 1.807) is 25.3 Å². The molecule has 2 saturated heterocycles. The summed E-state index contributed by atoms with van der Waals surface area (Å²) >= 11 is 4.22. The summed E-state index contributed by atoms with van der Waals surface area (Å²) in [5, 5.41) is 6.71. The third-order valence-corrected chi connectivity index (χ3v) is 8.73. The SMILES string of the molecule is COc1cc(N2CCC(N3CCN(C)CC3)CC2)ccc1Nc1ncc(Cl)c(Nc2ccccc2N(C)S(=O)O)n1. The van der Waals surface area contributed by atoms with Gasteiger partial charge < -0.3 is 25.2 Å². The zero-order chi connectivity index (χ0) is 28.9. The number of likely N-dealkylation sites (N-methyl/N-ethyl adjacent to an activating group) is 1. The Bertz CT molecular complexity index is 1370. The molecule has 2 aliphatic rings. The highest BCUT2D eigenvalue weighted by Crippen LogP contribution is 2.35. The Balaban J connectivity index is 1.27. The predicted molar refractivity (Wildman–Crippen MR) is 167 cm³/mol. The van der Waals surface area contributed by atoms with Crippen molar-refractivity contribution < 1.29 is 13.5 Å². The molecule has 0 amide bonds. The molecule has 0 saturated carbocycles. The van der Waals surface area contributed by atoms with Gasteiger partial charge in [-0.05, 0) is 44.2 Å². The molecule has 3 heterocycles. The Morgan fingerprint density at radius 2 is 1.78 bits per heavy atom. The lowest BCUT2D eigenvalue weighted by Crippen LogP contribution is -2.52. The fourth-order valence-corrected chi connectivity index (χ4v) is 5.82. The number of methoxy groups -OCH3 is 1. The number of hydrogen-bond acceptors (Lipinski definition) is 9. The summed E-state index contributed by atoms with van der Waals surface area (Å²) in [7, 11) is 5.37. The first-order valence-corrected chi connectivity index (χ1v) is 15.1. The molecule has 1 atom stereocenters. The topological polar surface area (TPSA) is 109 Å². The Labute approximate surface area is 248 Å². The maximum Gasteiger partial charge on any atom is 0.261 e. The largest absolute Gasteiger partial charge is 0.494 e. The van der Waals surface area contributed by atoms with Crippen molar-refractivity contribution in [3.63, 3.8) is 0 Å². The Hall–Kier alpha value is -3.16. The van der Waals surface area contributed by atoms with Gasteiger partial charge in [-0.25, -0.2) is 9.19 Å². The zero-order valence-electron chi connectivity index (χ0n) is 23.6. The minimum Gasteiger partial charge on any atom is -0.494 e. The molecule has 0 bridgehead atoms. The Morgan fingerprint density at radius 3 is 2.49 bits per heavy atom. The first-order valence-electron chi connectivity index (χ1n) is 13.7. The van der Waals surface area contributed by atoms with Gasteiger partial charge in [0.15, 0.2) is 5.82 Å². The van der Waals surface area contributed by atoms with E-state index in [4.69, 9.17) is 16.3 Å². The minimum absolute atomic E-state index is 0.306. The number of halogens is 1. The molecule has 41 heavy (non-hydrogen) atoms. The second-order valence-electron chi connectivity index (χ2n) is 10.3. The van der Waals surface area contributed by atoms with Gasteiger partial charge in [0.25, 0.3) is 11.3 Å². The Kier molecular flexibility index (Phi) is 9.46. The number of nitrogens with one attached hydrogen (secondary N) is 2. The number of anilines is 6. The van der Waals surface area contributed by atoms with Gasteiger partial charge in [-0.2, -0.15) is 4.98 Å². The van der Waals surface area contributed by atoms with Gasteiger partial charge in [-0.3, -0.25) is 13.8 Å². The molecular formula is C28H37ClN8O3S. The van der Waals surface area contributed by atoms with E-state index in [1.807, 2.05) is 12.1 Å². The van der Waals surface area contributed by atoms with Crippen molar-refractivity contribution in [2.45, 2.75) is 18.9 Å². The van der Waals surface area contributed by atoms with Crippen molar-refractivity contribution in [1.82, 2.24) is 19.8 Å². The van der Waals surface area contributed by atoms with Crippen LogP contribution in [-0.2, 0) is 11.3 Å². The van der Waals surface area contributed by atoms with Crippen LogP contribution in [0.15, 0.2) is 48.7 Å². The van der Waals surface area contributed by atoms with Crippen molar-refractivity contribution in [3.05, 3.63) is 53.7 Å². The highest BCUT2D eigenvalue weighted by molar-refractivity contribution is 7.80. The summed E-state index contributed by atoms with van der Waals surface area (Å²) in [5.74, 6) is 1.37. The first kappa shape index (κ1) is 29.3. The number of nitrogens with zero attached hydrogens (tertiary/aromatic N) is 6. The van der Waals surface area contributed by atoms with Gasteiger partial charge in [0.2, 0.25) is 5.95 Å². The van der Waals surface area contributed by atoms with Gasteiger partial charge in [0.05, 0.1) is 30.4 Å². The van der Waals surface area contributed by atoms with Crippen molar-refractivity contribution in [2.75, 3.05) is 80.3 Å². The molecule has 5 rings (SSSR count). The van der Waals surface area contributed by atoms with Crippen LogP contribution in [0.4, 0.5) is 34.5 Å². The molecule has 2 aliphatic heterocycles. The molecule has 0 spiro atoms. The summed E-state index contributed by atoms with van der Waals surface area (Å²) < 4.78 is 28.1. The molecule has 13 heteroatoms. The lowest BCUT2D eigenvalue weighted by atomic mass is 10.0. The fraction of sp³-hybridized carbons (Fsp3) is 0.429. The normalized spacial score (nSPS) is 17.7. The third-order valence-electron chi connectivity index (χ3n) is 7.79. The zero-order valence-corrected chi connectivity index (χ0v) is 25.2. The average molecular weight is 601 g/mol. The monoisotopic (exact) mass is 600 g/mol. The van der Waals surface area contributed by atoms with Crippen LogP contribution in [-0.4, -0.2) is 95.0 Å². The summed E-state index contributed by atoms with van der Waals surface area (Å²) in [6, 6.07) is 13.9. The first-order chi connectivity index (χ1) is 19.8. The summed E-state index contributed by atoms with van der Waals surface area (Å²) in [5.41, 5.74) is 2.95. The number of aromatic nitrogens is 2. The number of para-hydroxylation sites is 2. The van der Waals surface area contributed by atoms with E-state index in [1.165, 1.54) is 17.5 Å². The van der Waals surface area contributed by atoms with Crippen molar-refractivity contribution in [2.24, 2.45) is 0 Å². The van der Waals surface area contributed by atoms with Crippen LogP contribution in [0.5, 0.6) is 5.75 Å². The van der Waals surface area contributed by atoms with Crippen LogP contribution in [0, 0.1) is 0 Å². The van der Waals surface area contributed by atoms with Crippen molar-refractivity contribution in [3.8, 4) is 5.75 Å². The van der Waals surface area contributed by atoms with E-state index in [9.17, 15) is 8.76 Å². The van der Waals surface area contributed by atoms with E-state index in [0.717, 1.165) is 63.5 Å². The van der Waals surface area contributed by atoms with Crippen LogP contribution in [0.3, 0.4) is 0 Å². The van der Waals surface area contributed by atoms with Crippen LogP contribution in [0.1, 0.15) is 12.8 Å². The van der Waals surface area contributed by atoms with Gasteiger partial charge in [-0.15, -0.1) is 0 Å². The van der Waals surface area contributed by atoms with E-state index < -0.39 is 11.3 Å². The number of rotatable bonds is 9. The fourth-order valence-electron chi connectivity index (χ4n) is 5.36. The van der Waals surface area contributed by atoms with E-state index in [2.05, 4.69) is 54.5 Å². The molecule has 220 valence electrons. The maximum atomic E-state index is 11.6. The molecule has 2 fully saturated rings. The third kappa shape index (κ3) is 7.02. The Morgan fingerprint density at radius 1 is 1.05 bits per heavy atom. The van der Waals surface area contributed by atoms with Gasteiger partial charge in [-0.1, -0.05) is 23.7 Å². The molecule has 1 unspecified atom stereocenters. The highest BCUT2D eigenvalue weighted by Gasteiger charge is 2.27. The number of ether oxygens (including phenoxy) is 1. The minimum atomic E-state index is -2.18. The molecule has 1 aromatic heterocycles. The molecule has 0 aliphatic carbocycles. The molecule has 11 nitrogen and oxygen atoms in total. The van der Waals surface area contributed by atoms with E-state index in [-0.39, 0.29) is 0 Å². The lowest BCUT2D eigenvalue weighted by molar-refractivity contribution is 0.0982. The number of hydrogen-bond donors (Lipinski definition) is 3. The van der Waals surface area contributed by atoms with Crippen LogP contribution < -0.4 is 24.6 Å². The van der Waals surface area contributed by atoms with Crippen molar-refractivity contribution in [1.29, 1.82) is 0 Å². The highest BCUT2D eigenvalue weighted by atomic mass is 35.5. The van der Waals surface area contributed by atoms with Crippen molar-refractivity contribution >= 4 is 57.4 Å². The summed E-state index contributed by atoms with van der Waals surface area (Å²) in [6.45, 7) is 6.65. The molecule has 2 aromatic carbocycles. The lowest BCUT2D eigenvalue weighted by Gasteiger charge is -2.42. The van der Waals surface area contributed by atoms with E-state index in [0.29, 0.717) is 40.0 Å². The predicted octanol–water partition coefficient (Wildman–Crippen LogP) is 4.41. The number of piperazine rings is 1. The maximum absolute atomic E-state index is 11.6. The van der Waals surface area contributed by atoms with Gasteiger partial charge in [0, 0.05) is 64.1 Å².